The Labute approximate surface area is 111 Å². The van der Waals surface area contributed by atoms with Crippen molar-refractivity contribution in [3.63, 3.8) is 0 Å². The number of rotatable bonds is 5. The minimum atomic E-state index is 0.550. The van der Waals surface area contributed by atoms with Gasteiger partial charge in [0, 0.05) is 12.5 Å². The summed E-state index contributed by atoms with van der Waals surface area (Å²) in [6.45, 7) is 1.08. The number of hydrogen-bond donors (Lipinski definition) is 1. The van der Waals surface area contributed by atoms with E-state index < -0.39 is 0 Å². The summed E-state index contributed by atoms with van der Waals surface area (Å²) in [7, 11) is 0. The summed E-state index contributed by atoms with van der Waals surface area (Å²) >= 11 is 0. The van der Waals surface area contributed by atoms with E-state index >= 15 is 0 Å². The van der Waals surface area contributed by atoms with E-state index in [2.05, 4.69) is 35.5 Å². The number of nitrogens with one attached hydrogen (secondary N) is 1. The van der Waals surface area contributed by atoms with Crippen LogP contribution in [0.5, 0.6) is 0 Å². The van der Waals surface area contributed by atoms with Gasteiger partial charge in [0.2, 0.25) is 0 Å². The zero-order valence-electron chi connectivity index (χ0n) is 11.1. The number of aryl methyl sites for hydroxylation is 1. The lowest BCUT2D eigenvalue weighted by Gasteiger charge is -2.19. The summed E-state index contributed by atoms with van der Waals surface area (Å²) in [5, 5.41) is 3.71. The molecule has 0 aliphatic heterocycles. The molecule has 1 N–H and O–H groups in total. The molecule has 1 unspecified atom stereocenters. The van der Waals surface area contributed by atoms with Crippen molar-refractivity contribution in [2.45, 2.75) is 51.0 Å². The maximum absolute atomic E-state index is 5.27. The second-order valence-corrected chi connectivity index (χ2v) is 5.11. The molecule has 0 bridgehead atoms. The van der Waals surface area contributed by atoms with Gasteiger partial charge in [0.15, 0.2) is 0 Å². The van der Waals surface area contributed by atoms with Crippen molar-refractivity contribution in [3.8, 4) is 12.3 Å². The quantitative estimate of drug-likeness (QED) is 0.469. The molecule has 1 aromatic carbocycles. The van der Waals surface area contributed by atoms with Crippen LogP contribution in [0.3, 0.4) is 0 Å². The average Bonchev–Trinajstić information content (AvgIpc) is 2.61. The molecule has 1 atom stereocenters. The van der Waals surface area contributed by atoms with Crippen LogP contribution in [-0.4, -0.2) is 6.54 Å². The van der Waals surface area contributed by atoms with Crippen molar-refractivity contribution in [2.24, 2.45) is 0 Å². The molecule has 18 heavy (non-hydrogen) atoms. The fraction of sp³-hybridized carbons (Fsp3) is 0.529. The Morgan fingerprint density at radius 1 is 1.22 bits per heavy atom. The molecule has 0 aromatic heterocycles. The van der Waals surface area contributed by atoms with Crippen molar-refractivity contribution in [1.29, 1.82) is 0 Å². The summed E-state index contributed by atoms with van der Waals surface area (Å²) in [4.78, 5) is 0. The van der Waals surface area contributed by atoms with Gasteiger partial charge in [0.25, 0.3) is 0 Å². The van der Waals surface area contributed by atoms with E-state index in [1.54, 1.807) is 0 Å². The van der Waals surface area contributed by atoms with Gasteiger partial charge in [-0.2, -0.15) is 0 Å². The first kappa shape index (κ1) is 13.2. The van der Waals surface area contributed by atoms with Crippen LogP contribution in [0.25, 0.3) is 0 Å². The maximum atomic E-state index is 5.27. The van der Waals surface area contributed by atoms with Gasteiger partial charge in [-0.15, -0.1) is 12.3 Å². The highest BCUT2D eigenvalue weighted by Gasteiger charge is 2.16. The van der Waals surface area contributed by atoms with Gasteiger partial charge in [-0.05, 0) is 49.8 Å². The SMILES string of the molecule is C#CCCCCNC1CCCCc2ccccc21. The molecular weight excluding hydrogens is 218 g/mol. The smallest absolute Gasteiger partial charge is 0.0322 e. The molecule has 1 aromatic rings. The van der Waals surface area contributed by atoms with E-state index in [4.69, 9.17) is 6.42 Å². The van der Waals surface area contributed by atoms with Crippen molar-refractivity contribution >= 4 is 0 Å². The van der Waals surface area contributed by atoms with E-state index in [9.17, 15) is 0 Å². The van der Waals surface area contributed by atoms with Crippen molar-refractivity contribution in [1.82, 2.24) is 5.32 Å². The van der Waals surface area contributed by atoms with E-state index in [0.29, 0.717) is 6.04 Å². The molecule has 0 fully saturated rings. The van der Waals surface area contributed by atoms with E-state index in [1.807, 2.05) is 0 Å². The van der Waals surface area contributed by atoms with Crippen LogP contribution >= 0.6 is 0 Å². The first-order valence-electron chi connectivity index (χ1n) is 7.16. The first-order chi connectivity index (χ1) is 8.92. The topological polar surface area (TPSA) is 12.0 Å². The summed E-state index contributed by atoms with van der Waals surface area (Å²) in [6.07, 6.45) is 13.7. The monoisotopic (exact) mass is 241 g/mol. The maximum Gasteiger partial charge on any atom is 0.0322 e. The van der Waals surface area contributed by atoms with Gasteiger partial charge in [-0.3, -0.25) is 0 Å². The highest BCUT2D eigenvalue weighted by molar-refractivity contribution is 5.31. The molecule has 0 heterocycles. The predicted octanol–water partition coefficient (Wildman–Crippen LogP) is 3.85. The van der Waals surface area contributed by atoms with E-state index in [0.717, 1.165) is 19.4 Å². The number of terminal acetylenes is 1. The number of unbranched alkanes of at least 4 members (excludes halogenated alkanes) is 2. The fourth-order valence-electron chi connectivity index (χ4n) is 2.76. The largest absolute Gasteiger partial charge is 0.310 e. The number of fused-ring (bicyclic) bond motifs is 1. The normalized spacial score (nSPS) is 18.7. The molecule has 1 heteroatoms. The van der Waals surface area contributed by atoms with Crippen molar-refractivity contribution in [3.05, 3.63) is 35.4 Å². The molecule has 0 spiro atoms. The van der Waals surface area contributed by atoms with Crippen LogP contribution in [0.15, 0.2) is 24.3 Å². The van der Waals surface area contributed by atoms with Crippen molar-refractivity contribution in [2.75, 3.05) is 6.54 Å². The Morgan fingerprint density at radius 3 is 3.00 bits per heavy atom. The average molecular weight is 241 g/mol. The van der Waals surface area contributed by atoms with Gasteiger partial charge in [0.05, 0.1) is 0 Å². The van der Waals surface area contributed by atoms with Crippen LogP contribution in [0, 0.1) is 12.3 Å². The number of benzene rings is 1. The predicted molar refractivity (Wildman–Crippen MR) is 77.4 cm³/mol. The lowest BCUT2D eigenvalue weighted by atomic mass is 9.99. The fourth-order valence-corrected chi connectivity index (χ4v) is 2.76. The summed E-state index contributed by atoms with van der Waals surface area (Å²) in [5.41, 5.74) is 3.06. The summed E-state index contributed by atoms with van der Waals surface area (Å²) in [5.74, 6) is 2.70. The van der Waals surface area contributed by atoms with Gasteiger partial charge in [-0.25, -0.2) is 0 Å². The molecule has 0 radical (unpaired) electrons. The van der Waals surface area contributed by atoms with Gasteiger partial charge in [-0.1, -0.05) is 30.7 Å². The highest BCUT2D eigenvalue weighted by atomic mass is 14.9. The Hall–Kier alpha value is -1.26. The summed E-state index contributed by atoms with van der Waals surface area (Å²) in [6, 6.07) is 9.45. The van der Waals surface area contributed by atoms with Gasteiger partial charge < -0.3 is 5.32 Å². The lowest BCUT2D eigenvalue weighted by Crippen LogP contribution is -2.22. The Morgan fingerprint density at radius 2 is 2.11 bits per heavy atom. The highest BCUT2D eigenvalue weighted by Crippen LogP contribution is 2.28. The molecule has 1 nitrogen and oxygen atoms in total. The molecule has 0 amide bonds. The van der Waals surface area contributed by atoms with Gasteiger partial charge >= 0.3 is 0 Å². The van der Waals surface area contributed by atoms with Crippen LogP contribution in [0.2, 0.25) is 0 Å². The molecule has 1 aliphatic carbocycles. The Kier molecular flexibility index (Phi) is 5.30. The van der Waals surface area contributed by atoms with Crippen LogP contribution in [-0.2, 0) is 6.42 Å². The summed E-state index contributed by atoms with van der Waals surface area (Å²) < 4.78 is 0. The minimum absolute atomic E-state index is 0.550. The molecule has 0 saturated carbocycles. The van der Waals surface area contributed by atoms with E-state index in [-0.39, 0.29) is 0 Å². The minimum Gasteiger partial charge on any atom is -0.310 e. The third-order valence-corrected chi connectivity index (χ3v) is 3.76. The first-order valence-corrected chi connectivity index (χ1v) is 7.16. The Balaban J connectivity index is 1.90. The Bertz CT molecular complexity index is 402. The second kappa shape index (κ2) is 7.24. The van der Waals surface area contributed by atoms with Crippen molar-refractivity contribution < 1.29 is 0 Å². The third kappa shape index (κ3) is 3.62. The standard InChI is InChI=1S/C17H23N/c1-2-3-4-9-14-18-17-13-8-6-11-15-10-5-7-12-16(15)17/h1,5,7,10,12,17-18H,3-4,6,8-9,11,13-14H2. The number of hydrogen-bond acceptors (Lipinski definition) is 1. The van der Waals surface area contributed by atoms with E-state index in [1.165, 1.54) is 43.2 Å². The molecular formula is C17H23N. The molecule has 96 valence electrons. The lowest BCUT2D eigenvalue weighted by molar-refractivity contribution is 0.480. The zero-order valence-corrected chi connectivity index (χ0v) is 11.1. The molecule has 0 saturated heterocycles. The van der Waals surface area contributed by atoms with Crippen LogP contribution in [0.4, 0.5) is 0 Å². The molecule has 1 aliphatic rings. The van der Waals surface area contributed by atoms with Crippen LogP contribution in [0.1, 0.15) is 55.7 Å². The second-order valence-electron chi connectivity index (χ2n) is 5.11. The third-order valence-electron chi connectivity index (χ3n) is 3.76. The van der Waals surface area contributed by atoms with Crippen LogP contribution < -0.4 is 5.32 Å². The molecule has 2 rings (SSSR count). The van der Waals surface area contributed by atoms with Gasteiger partial charge in [0.1, 0.15) is 0 Å². The zero-order chi connectivity index (χ0) is 12.6.